The minimum Gasteiger partial charge on any atom is -0.464 e. The first-order valence-corrected chi connectivity index (χ1v) is 7.18. The van der Waals surface area contributed by atoms with Gasteiger partial charge in [0.15, 0.2) is 0 Å². The van der Waals surface area contributed by atoms with Crippen molar-refractivity contribution in [3.05, 3.63) is 57.5 Å². The summed E-state index contributed by atoms with van der Waals surface area (Å²) >= 11 is 12.0. The van der Waals surface area contributed by atoms with Crippen molar-refractivity contribution in [3.63, 3.8) is 0 Å². The van der Waals surface area contributed by atoms with E-state index in [4.69, 9.17) is 27.6 Å². The molecule has 0 spiro atoms. The topological polar surface area (TPSA) is 25.2 Å². The van der Waals surface area contributed by atoms with Crippen molar-refractivity contribution in [2.45, 2.75) is 26.3 Å². The third-order valence-corrected chi connectivity index (χ3v) is 3.74. The van der Waals surface area contributed by atoms with Crippen molar-refractivity contribution < 1.29 is 4.42 Å². The predicted molar refractivity (Wildman–Crippen MR) is 80.1 cm³/mol. The number of benzene rings is 1. The third-order valence-electron chi connectivity index (χ3n) is 3.00. The predicted octanol–water partition coefficient (Wildman–Crippen LogP) is 4.85. The van der Waals surface area contributed by atoms with Crippen molar-refractivity contribution >= 4 is 23.2 Å². The quantitative estimate of drug-likeness (QED) is 0.853. The van der Waals surface area contributed by atoms with Crippen LogP contribution in [0.5, 0.6) is 0 Å². The molecule has 0 fully saturated rings. The zero-order chi connectivity index (χ0) is 13.8. The highest BCUT2D eigenvalue weighted by molar-refractivity contribution is 6.42. The molecule has 0 saturated carbocycles. The number of nitrogens with one attached hydrogen (secondary N) is 1. The fraction of sp³-hybridized carbons (Fsp3) is 0.333. The van der Waals surface area contributed by atoms with Gasteiger partial charge in [0.25, 0.3) is 0 Å². The number of rotatable bonds is 5. The third kappa shape index (κ3) is 3.33. The number of hydrogen-bond donors (Lipinski definition) is 1. The Morgan fingerprint density at radius 2 is 1.89 bits per heavy atom. The van der Waals surface area contributed by atoms with E-state index < -0.39 is 0 Å². The van der Waals surface area contributed by atoms with Gasteiger partial charge in [0.2, 0.25) is 0 Å². The molecule has 0 amide bonds. The van der Waals surface area contributed by atoms with Gasteiger partial charge in [-0.15, -0.1) is 0 Å². The second-order valence-electron chi connectivity index (χ2n) is 4.32. The van der Waals surface area contributed by atoms with Gasteiger partial charge in [-0.1, -0.05) is 43.1 Å². The van der Waals surface area contributed by atoms with Gasteiger partial charge in [0.1, 0.15) is 11.5 Å². The molecule has 0 aliphatic heterocycles. The van der Waals surface area contributed by atoms with Gasteiger partial charge in [0, 0.05) is 6.42 Å². The fourth-order valence-electron chi connectivity index (χ4n) is 2.02. The van der Waals surface area contributed by atoms with Crippen LogP contribution in [0.1, 0.15) is 37.0 Å². The molecular weight excluding hydrogens is 281 g/mol. The number of furan rings is 1. The molecular formula is C15H17Cl2NO. The Labute approximate surface area is 123 Å². The summed E-state index contributed by atoms with van der Waals surface area (Å²) in [4.78, 5) is 0. The zero-order valence-corrected chi connectivity index (χ0v) is 12.6. The van der Waals surface area contributed by atoms with Gasteiger partial charge in [-0.05, 0) is 36.4 Å². The second-order valence-corrected chi connectivity index (χ2v) is 5.14. The lowest BCUT2D eigenvalue weighted by Gasteiger charge is -2.16. The van der Waals surface area contributed by atoms with Crippen LogP contribution in [-0.4, -0.2) is 6.54 Å². The molecule has 0 saturated heterocycles. The maximum absolute atomic E-state index is 6.09. The lowest BCUT2D eigenvalue weighted by Crippen LogP contribution is -2.21. The molecule has 2 aromatic rings. The van der Waals surface area contributed by atoms with Gasteiger partial charge in [-0.25, -0.2) is 0 Å². The highest BCUT2D eigenvalue weighted by atomic mass is 35.5. The Morgan fingerprint density at radius 1 is 1.11 bits per heavy atom. The van der Waals surface area contributed by atoms with E-state index in [1.165, 1.54) is 0 Å². The average Bonchev–Trinajstić information content (AvgIpc) is 2.88. The molecule has 1 heterocycles. The van der Waals surface area contributed by atoms with E-state index in [0.29, 0.717) is 10.0 Å². The molecule has 1 N–H and O–H groups in total. The van der Waals surface area contributed by atoms with E-state index >= 15 is 0 Å². The minimum absolute atomic E-state index is 0.0000617. The van der Waals surface area contributed by atoms with Gasteiger partial charge in [0.05, 0.1) is 16.1 Å². The van der Waals surface area contributed by atoms with Crippen LogP contribution >= 0.6 is 23.2 Å². The number of hydrogen-bond acceptors (Lipinski definition) is 2. The summed E-state index contributed by atoms with van der Waals surface area (Å²) in [6, 6.07) is 9.68. The molecule has 0 aliphatic carbocycles. The Morgan fingerprint density at radius 3 is 2.47 bits per heavy atom. The van der Waals surface area contributed by atoms with Gasteiger partial charge in [-0.3, -0.25) is 0 Å². The van der Waals surface area contributed by atoms with E-state index in [-0.39, 0.29) is 6.04 Å². The minimum atomic E-state index is 0.0000617. The van der Waals surface area contributed by atoms with Crippen molar-refractivity contribution in [2.24, 2.45) is 0 Å². The van der Waals surface area contributed by atoms with Crippen molar-refractivity contribution in [1.82, 2.24) is 5.32 Å². The molecule has 0 radical (unpaired) electrons. The first-order chi connectivity index (χ1) is 9.15. The van der Waals surface area contributed by atoms with Gasteiger partial charge in [-0.2, -0.15) is 0 Å². The van der Waals surface area contributed by atoms with E-state index in [1.54, 1.807) is 0 Å². The molecule has 0 aliphatic rings. The van der Waals surface area contributed by atoms with E-state index in [1.807, 2.05) is 30.3 Å². The van der Waals surface area contributed by atoms with Crippen LogP contribution in [0.25, 0.3) is 0 Å². The smallest absolute Gasteiger partial charge is 0.125 e. The summed E-state index contributed by atoms with van der Waals surface area (Å²) in [6.45, 7) is 4.98. The van der Waals surface area contributed by atoms with Crippen LogP contribution in [0.15, 0.2) is 34.7 Å². The van der Waals surface area contributed by atoms with E-state index in [2.05, 4.69) is 19.2 Å². The molecule has 2 nitrogen and oxygen atoms in total. The lowest BCUT2D eigenvalue weighted by atomic mass is 10.0. The molecule has 2 rings (SSSR count). The van der Waals surface area contributed by atoms with Crippen LogP contribution in [-0.2, 0) is 6.42 Å². The molecule has 1 aromatic heterocycles. The van der Waals surface area contributed by atoms with Crippen LogP contribution in [0.2, 0.25) is 10.0 Å². The summed E-state index contributed by atoms with van der Waals surface area (Å²) in [6.07, 6.45) is 0.889. The second kappa shape index (κ2) is 6.47. The van der Waals surface area contributed by atoms with E-state index in [0.717, 1.165) is 30.0 Å². The highest BCUT2D eigenvalue weighted by Gasteiger charge is 2.17. The van der Waals surface area contributed by atoms with Crippen molar-refractivity contribution in [2.75, 3.05) is 6.54 Å². The summed E-state index contributed by atoms with van der Waals surface area (Å²) in [5.41, 5.74) is 1.05. The first kappa shape index (κ1) is 14.4. The Balaban J connectivity index is 2.35. The highest BCUT2D eigenvalue weighted by Crippen LogP contribution is 2.29. The molecule has 4 heteroatoms. The summed E-state index contributed by atoms with van der Waals surface area (Å²) in [5, 5.41) is 4.53. The van der Waals surface area contributed by atoms with Crippen LogP contribution in [0, 0.1) is 0 Å². The largest absolute Gasteiger partial charge is 0.464 e. The van der Waals surface area contributed by atoms with Crippen molar-refractivity contribution in [1.29, 1.82) is 0 Å². The number of halogens is 2. The lowest BCUT2D eigenvalue weighted by molar-refractivity contribution is 0.426. The first-order valence-electron chi connectivity index (χ1n) is 6.42. The van der Waals surface area contributed by atoms with Crippen LogP contribution < -0.4 is 5.32 Å². The molecule has 102 valence electrons. The van der Waals surface area contributed by atoms with Gasteiger partial charge >= 0.3 is 0 Å². The molecule has 19 heavy (non-hydrogen) atoms. The standard InChI is InChI=1S/C15H17Cl2NO/c1-3-11-6-8-14(19-11)15(18-4-2)10-5-7-12(16)13(17)9-10/h5-9,15,18H,3-4H2,1-2H3. The Hall–Kier alpha value is -0.960. The van der Waals surface area contributed by atoms with Gasteiger partial charge < -0.3 is 9.73 Å². The van der Waals surface area contributed by atoms with Crippen LogP contribution in [0.3, 0.4) is 0 Å². The maximum atomic E-state index is 6.09. The van der Waals surface area contributed by atoms with Crippen molar-refractivity contribution in [3.8, 4) is 0 Å². The van der Waals surface area contributed by atoms with Crippen LogP contribution in [0.4, 0.5) is 0 Å². The summed E-state index contributed by atoms with van der Waals surface area (Å²) in [5.74, 6) is 1.88. The number of aryl methyl sites for hydroxylation is 1. The maximum Gasteiger partial charge on any atom is 0.125 e. The summed E-state index contributed by atoms with van der Waals surface area (Å²) < 4.78 is 5.83. The SMILES string of the molecule is CCNC(c1ccc(Cl)c(Cl)c1)c1ccc(CC)o1. The molecule has 1 atom stereocenters. The molecule has 1 unspecified atom stereocenters. The average molecular weight is 298 g/mol. The fourth-order valence-corrected chi connectivity index (χ4v) is 2.32. The monoisotopic (exact) mass is 297 g/mol. The zero-order valence-electron chi connectivity index (χ0n) is 11.0. The van der Waals surface area contributed by atoms with E-state index in [9.17, 15) is 0 Å². The molecule has 1 aromatic carbocycles. The Kier molecular flexibility index (Phi) is 4.92. The Bertz CT molecular complexity index is 551. The normalized spacial score (nSPS) is 12.6. The summed E-state index contributed by atoms with van der Waals surface area (Å²) in [7, 11) is 0. The molecule has 0 bridgehead atoms.